The van der Waals surface area contributed by atoms with Crippen LogP contribution in [-0.4, -0.2) is 20.7 Å². The Bertz CT molecular complexity index is 753. The van der Waals surface area contributed by atoms with Gasteiger partial charge in [0.2, 0.25) is 5.13 Å². The Labute approximate surface area is 110 Å². The molecule has 1 amide bonds. The van der Waals surface area contributed by atoms with Gasteiger partial charge in [-0.3, -0.25) is 10.1 Å². The van der Waals surface area contributed by atoms with E-state index in [2.05, 4.69) is 20.1 Å². The standard InChI is InChI=1S/C11H7FN4O2S/c1-5-7-4-6(12)2-3-8(7)18-9(5)10(17)13-11-14-15-16-19-11/h2-4H,1H3,(H,13,14,16,17). The maximum Gasteiger partial charge on any atom is 0.293 e. The summed E-state index contributed by atoms with van der Waals surface area (Å²) in [7, 11) is 0. The molecule has 0 atom stereocenters. The summed E-state index contributed by atoms with van der Waals surface area (Å²) in [5.74, 6) is -0.722. The number of amides is 1. The van der Waals surface area contributed by atoms with Gasteiger partial charge in [0, 0.05) is 22.5 Å². The fourth-order valence-electron chi connectivity index (χ4n) is 1.75. The van der Waals surface area contributed by atoms with Crippen molar-refractivity contribution in [3.63, 3.8) is 0 Å². The van der Waals surface area contributed by atoms with Crippen molar-refractivity contribution in [2.24, 2.45) is 0 Å². The van der Waals surface area contributed by atoms with Crippen LogP contribution in [0.25, 0.3) is 11.0 Å². The molecule has 6 nitrogen and oxygen atoms in total. The van der Waals surface area contributed by atoms with Gasteiger partial charge in [0.1, 0.15) is 11.4 Å². The number of nitrogens with one attached hydrogen (secondary N) is 1. The van der Waals surface area contributed by atoms with Crippen molar-refractivity contribution in [2.45, 2.75) is 6.92 Å². The topological polar surface area (TPSA) is 80.9 Å². The van der Waals surface area contributed by atoms with Crippen molar-refractivity contribution >= 4 is 33.5 Å². The number of rotatable bonds is 2. The Morgan fingerprint density at radius 1 is 1.47 bits per heavy atom. The zero-order valence-electron chi connectivity index (χ0n) is 9.68. The first-order valence-corrected chi connectivity index (χ1v) is 6.07. The van der Waals surface area contributed by atoms with Gasteiger partial charge in [-0.1, -0.05) is 9.59 Å². The lowest BCUT2D eigenvalue weighted by atomic mass is 10.1. The molecule has 0 saturated heterocycles. The maximum atomic E-state index is 13.2. The minimum absolute atomic E-state index is 0.121. The number of carbonyl (C=O) groups excluding carboxylic acids is 1. The quantitative estimate of drug-likeness (QED) is 0.778. The SMILES string of the molecule is Cc1c(C(=O)Nc2nnns2)oc2ccc(F)cc12. The highest BCUT2D eigenvalue weighted by Gasteiger charge is 2.19. The third-order valence-electron chi connectivity index (χ3n) is 2.62. The largest absolute Gasteiger partial charge is 0.451 e. The molecule has 0 aliphatic rings. The Hall–Kier alpha value is -2.35. The second kappa shape index (κ2) is 4.39. The van der Waals surface area contributed by atoms with E-state index in [0.29, 0.717) is 16.5 Å². The number of fused-ring (bicyclic) bond motifs is 1. The predicted octanol–water partition coefficient (Wildman–Crippen LogP) is 2.38. The molecule has 0 saturated carbocycles. The Morgan fingerprint density at radius 3 is 3.05 bits per heavy atom. The summed E-state index contributed by atoms with van der Waals surface area (Å²) < 4.78 is 22.1. The molecule has 0 bridgehead atoms. The van der Waals surface area contributed by atoms with Crippen LogP contribution in [-0.2, 0) is 0 Å². The van der Waals surface area contributed by atoms with Crippen molar-refractivity contribution < 1.29 is 13.6 Å². The van der Waals surface area contributed by atoms with Crippen molar-refractivity contribution in [3.05, 3.63) is 35.3 Å². The summed E-state index contributed by atoms with van der Waals surface area (Å²) >= 11 is 0.955. The smallest absolute Gasteiger partial charge is 0.293 e. The van der Waals surface area contributed by atoms with Gasteiger partial charge in [-0.2, -0.15) is 0 Å². The van der Waals surface area contributed by atoms with E-state index in [4.69, 9.17) is 4.42 Å². The van der Waals surface area contributed by atoms with Gasteiger partial charge in [-0.25, -0.2) is 4.39 Å². The molecule has 2 aromatic heterocycles. The van der Waals surface area contributed by atoms with Gasteiger partial charge in [0.05, 0.1) is 0 Å². The third-order valence-corrected chi connectivity index (χ3v) is 3.14. The average molecular weight is 278 g/mol. The molecule has 0 aliphatic carbocycles. The van der Waals surface area contributed by atoms with Crippen LogP contribution in [0.1, 0.15) is 16.1 Å². The Kier molecular flexibility index (Phi) is 2.71. The minimum Gasteiger partial charge on any atom is -0.451 e. The van der Waals surface area contributed by atoms with Crippen LogP contribution >= 0.6 is 11.5 Å². The summed E-state index contributed by atoms with van der Waals surface area (Å²) in [6.45, 7) is 1.69. The molecule has 0 aliphatic heterocycles. The highest BCUT2D eigenvalue weighted by molar-refractivity contribution is 7.09. The van der Waals surface area contributed by atoms with Crippen molar-refractivity contribution in [1.82, 2.24) is 14.8 Å². The van der Waals surface area contributed by atoms with E-state index in [-0.39, 0.29) is 16.7 Å². The third kappa shape index (κ3) is 2.06. The molecule has 3 rings (SSSR count). The molecule has 8 heteroatoms. The van der Waals surface area contributed by atoms with Crippen LogP contribution < -0.4 is 5.32 Å². The Morgan fingerprint density at radius 2 is 2.32 bits per heavy atom. The fraction of sp³-hybridized carbons (Fsp3) is 0.0909. The second-order valence-corrected chi connectivity index (χ2v) is 4.55. The molecular weight excluding hydrogens is 271 g/mol. The number of halogens is 1. The molecule has 19 heavy (non-hydrogen) atoms. The van der Waals surface area contributed by atoms with Crippen LogP contribution in [0.4, 0.5) is 9.52 Å². The van der Waals surface area contributed by atoms with Crippen LogP contribution in [0.5, 0.6) is 0 Å². The van der Waals surface area contributed by atoms with Gasteiger partial charge in [0.15, 0.2) is 5.76 Å². The molecule has 96 valence electrons. The fourth-order valence-corrected chi connectivity index (χ4v) is 2.11. The molecule has 0 unspecified atom stereocenters. The summed E-state index contributed by atoms with van der Waals surface area (Å²) in [6.07, 6.45) is 0. The highest BCUT2D eigenvalue weighted by atomic mass is 32.1. The summed E-state index contributed by atoms with van der Waals surface area (Å²) in [5, 5.41) is 10.3. The number of furan rings is 1. The molecule has 2 heterocycles. The van der Waals surface area contributed by atoms with Crippen molar-refractivity contribution in [2.75, 3.05) is 5.32 Å². The zero-order valence-corrected chi connectivity index (χ0v) is 10.5. The number of anilines is 1. The number of aryl methyl sites for hydroxylation is 1. The molecule has 0 fully saturated rings. The van der Waals surface area contributed by atoms with E-state index in [1.165, 1.54) is 18.2 Å². The summed E-state index contributed by atoms with van der Waals surface area (Å²) in [4.78, 5) is 12.0. The molecule has 0 spiro atoms. The molecule has 0 radical (unpaired) electrons. The number of benzene rings is 1. The predicted molar refractivity (Wildman–Crippen MR) is 66.6 cm³/mol. The van der Waals surface area contributed by atoms with Crippen LogP contribution in [0.3, 0.4) is 0 Å². The number of carbonyl (C=O) groups is 1. The van der Waals surface area contributed by atoms with Crippen LogP contribution in [0.15, 0.2) is 22.6 Å². The van der Waals surface area contributed by atoms with Gasteiger partial charge in [-0.15, -0.1) is 0 Å². The monoisotopic (exact) mass is 278 g/mol. The molecule has 1 aromatic carbocycles. The number of hydrogen-bond donors (Lipinski definition) is 1. The normalized spacial score (nSPS) is 10.8. The zero-order chi connectivity index (χ0) is 13.4. The summed E-state index contributed by atoms with van der Waals surface area (Å²) in [5.41, 5.74) is 1.03. The van der Waals surface area contributed by atoms with Gasteiger partial charge >= 0.3 is 0 Å². The first-order valence-electron chi connectivity index (χ1n) is 5.30. The first-order chi connectivity index (χ1) is 9.15. The van der Waals surface area contributed by atoms with Gasteiger partial charge in [-0.05, 0) is 30.3 Å². The minimum atomic E-state index is -0.465. The van der Waals surface area contributed by atoms with E-state index in [1.807, 2.05) is 0 Å². The van der Waals surface area contributed by atoms with Gasteiger partial charge < -0.3 is 4.42 Å². The van der Waals surface area contributed by atoms with Crippen molar-refractivity contribution in [1.29, 1.82) is 0 Å². The first kappa shape index (κ1) is 11.7. The maximum absolute atomic E-state index is 13.2. The average Bonchev–Trinajstić information content (AvgIpc) is 2.98. The van der Waals surface area contributed by atoms with E-state index >= 15 is 0 Å². The number of nitrogens with zero attached hydrogens (tertiary/aromatic N) is 3. The molecular formula is C11H7FN4O2S. The van der Waals surface area contributed by atoms with E-state index in [0.717, 1.165) is 11.5 Å². The second-order valence-electron chi connectivity index (χ2n) is 3.82. The lowest BCUT2D eigenvalue weighted by molar-refractivity contribution is 0.0998. The number of aromatic nitrogens is 3. The van der Waals surface area contributed by atoms with E-state index < -0.39 is 5.91 Å². The van der Waals surface area contributed by atoms with Gasteiger partial charge in [0.25, 0.3) is 5.91 Å². The van der Waals surface area contributed by atoms with E-state index in [1.54, 1.807) is 6.92 Å². The van der Waals surface area contributed by atoms with Crippen molar-refractivity contribution in [3.8, 4) is 0 Å². The summed E-state index contributed by atoms with van der Waals surface area (Å²) in [6, 6.07) is 4.10. The Balaban J connectivity index is 2.00. The number of hydrogen-bond acceptors (Lipinski definition) is 6. The van der Waals surface area contributed by atoms with Crippen LogP contribution in [0, 0.1) is 12.7 Å². The molecule has 1 N–H and O–H groups in total. The molecule has 3 aromatic rings. The van der Waals surface area contributed by atoms with Crippen LogP contribution in [0.2, 0.25) is 0 Å². The lowest BCUT2D eigenvalue weighted by Gasteiger charge is -1.97. The van der Waals surface area contributed by atoms with E-state index in [9.17, 15) is 9.18 Å². The lowest BCUT2D eigenvalue weighted by Crippen LogP contribution is -2.11. The highest BCUT2D eigenvalue weighted by Crippen LogP contribution is 2.26.